The minimum Gasteiger partial charge on any atom is -0.341 e. The van der Waals surface area contributed by atoms with Gasteiger partial charge in [-0.05, 0) is 25.3 Å². The highest BCUT2D eigenvalue weighted by molar-refractivity contribution is 7.89. The monoisotopic (exact) mass is 318 g/mol. The molecule has 2 rings (SSSR count). The average molecular weight is 319 g/mol. The van der Waals surface area contributed by atoms with E-state index in [1.165, 1.54) is 0 Å². The van der Waals surface area contributed by atoms with Gasteiger partial charge in [0.1, 0.15) is 0 Å². The number of alkyl halides is 1. The van der Waals surface area contributed by atoms with Crippen molar-refractivity contribution in [3.8, 4) is 0 Å². The first-order chi connectivity index (χ1) is 9.61. The fourth-order valence-corrected chi connectivity index (χ4v) is 3.89. The van der Waals surface area contributed by atoms with E-state index < -0.39 is 10.0 Å². The summed E-state index contributed by atoms with van der Waals surface area (Å²) in [5.41, 5.74) is 0. The van der Waals surface area contributed by atoms with Crippen LogP contribution in [-0.2, 0) is 10.0 Å². The zero-order valence-electron chi connectivity index (χ0n) is 11.2. The Bertz CT molecular complexity index is 503. The molecular weight excluding hydrogens is 300 g/mol. The minimum absolute atomic E-state index is 0.00436. The number of piperidine rings is 1. The van der Waals surface area contributed by atoms with Crippen molar-refractivity contribution in [3.63, 3.8) is 0 Å². The minimum atomic E-state index is -3.21. The lowest BCUT2D eigenvalue weighted by Crippen LogP contribution is -2.45. The Morgan fingerprint density at radius 2 is 1.95 bits per heavy atom. The number of halogens is 1. The Morgan fingerprint density at radius 3 is 2.55 bits per heavy atom. The standard InChI is InChI=1S/C12H19ClN4O2S/c13-5-1-10-20(18,19)16-11-3-8-17(9-4-11)12-14-6-2-7-15-12/h2,6-7,11,16H,1,3-5,8-10H2. The molecule has 112 valence electrons. The molecule has 0 atom stereocenters. The van der Waals surface area contributed by atoms with Crippen LogP contribution in [0.25, 0.3) is 0 Å². The van der Waals surface area contributed by atoms with Crippen LogP contribution in [0, 0.1) is 0 Å². The van der Waals surface area contributed by atoms with Crippen molar-refractivity contribution in [2.24, 2.45) is 0 Å². The molecule has 0 spiro atoms. The second-order valence-electron chi connectivity index (χ2n) is 4.79. The van der Waals surface area contributed by atoms with E-state index in [4.69, 9.17) is 11.6 Å². The van der Waals surface area contributed by atoms with Crippen LogP contribution < -0.4 is 9.62 Å². The maximum absolute atomic E-state index is 11.8. The Balaban J connectivity index is 1.83. The van der Waals surface area contributed by atoms with Gasteiger partial charge in [-0.25, -0.2) is 23.1 Å². The van der Waals surface area contributed by atoms with Crippen LogP contribution in [0.3, 0.4) is 0 Å². The van der Waals surface area contributed by atoms with Crippen LogP contribution in [0.15, 0.2) is 18.5 Å². The van der Waals surface area contributed by atoms with E-state index in [1.807, 2.05) is 0 Å². The van der Waals surface area contributed by atoms with Crippen molar-refractivity contribution in [1.82, 2.24) is 14.7 Å². The molecule has 0 saturated carbocycles. The van der Waals surface area contributed by atoms with Crippen LogP contribution in [0.1, 0.15) is 19.3 Å². The first-order valence-corrected chi connectivity index (χ1v) is 8.87. The quantitative estimate of drug-likeness (QED) is 0.792. The van der Waals surface area contributed by atoms with Gasteiger partial charge in [-0.3, -0.25) is 0 Å². The lowest BCUT2D eigenvalue weighted by atomic mass is 10.1. The number of nitrogens with one attached hydrogen (secondary N) is 1. The molecule has 6 nitrogen and oxygen atoms in total. The predicted octanol–water partition coefficient (Wildman–Crippen LogP) is 0.994. The van der Waals surface area contributed by atoms with Gasteiger partial charge in [0.15, 0.2) is 0 Å². The van der Waals surface area contributed by atoms with Crippen molar-refractivity contribution in [2.45, 2.75) is 25.3 Å². The van der Waals surface area contributed by atoms with Crippen LogP contribution in [-0.4, -0.2) is 49.1 Å². The third kappa shape index (κ3) is 4.57. The molecule has 0 aliphatic carbocycles. The van der Waals surface area contributed by atoms with E-state index in [-0.39, 0.29) is 11.8 Å². The molecule has 1 aromatic rings. The molecule has 2 heterocycles. The smallest absolute Gasteiger partial charge is 0.225 e. The van der Waals surface area contributed by atoms with Gasteiger partial charge < -0.3 is 4.90 Å². The molecule has 0 amide bonds. The van der Waals surface area contributed by atoms with Crippen molar-refractivity contribution in [1.29, 1.82) is 0 Å². The third-order valence-electron chi connectivity index (χ3n) is 3.22. The van der Waals surface area contributed by atoms with Gasteiger partial charge in [-0.1, -0.05) is 0 Å². The molecule has 0 unspecified atom stereocenters. The average Bonchev–Trinajstić information content (AvgIpc) is 2.46. The van der Waals surface area contributed by atoms with E-state index in [2.05, 4.69) is 19.6 Å². The summed E-state index contributed by atoms with van der Waals surface area (Å²) in [7, 11) is -3.21. The second kappa shape index (κ2) is 7.19. The van der Waals surface area contributed by atoms with Gasteiger partial charge in [0.05, 0.1) is 5.75 Å². The molecule has 0 bridgehead atoms. The lowest BCUT2D eigenvalue weighted by molar-refractivity contribution is 0.456. The highest BCUT2D eigenvalue weighted by Crippen LogP contribution is 2.16. The van der Waals surface area contributed by atoms with E-state index in [9.17, 15) is 8.42 Å². The van der Waals surface area contributed by atoms with E-state index >= 15 is 0 Å². The first kappa shape index (κ1) is 15.5. The normalized spacial score (nSPS) is 17.4. The summed E-state index contributed by atoms with van der Waals surface area (Å²) in [4.78, 5) is 10.5. The van der Waals surface area contributed by atoms with Gasteiger partial charge in [-0.15, -0.1) is 11.6 Å². The Kier molecular flexibility index (Phi) is 5.56. The van der Waals surface area contributed by atoms with Gasteiger partial charge in [0.2, 0.25) is 16.0 Å². The third-order valence-corrected chi connectivity index (χ3v) is 5.01. The number of hydrogen-bond donors (Lipinski definition) is 1. The first-order valence-electron chi connectivity index (χ1n) is 6.68. The largest absolute Gasteiger partial charge is 0.341 e. The van der Waals surface area contributed by atoms with Crippen molar-refractivity contribution >= 4 is 27.6 Å². The lowest BCUT2D eigenvalue weighted by Gasteiger charge is -2.32. The van der Waals surface area contributed by atoms with Gasteiger partial charge in [-0.2, -0.15) is 0 Å². The number of sulfonamides is 1. The van der Waals surface area contributed by atoms with Crippen LogP contribution in [0.4, 0.5) is 5.95 Å². The zero-order valence-corrected chi connectivity index (χ0v) is 12.8. The molecule has 1 aliphatic rings. The SMILES string of the molecule is O=S(=O)(CCCCl)NC1CCN(c2ncccn2)CC1. The van der Waals surface area contributed by atoms with Gasteiger partial charge in [0, 0.05) is 37.4 Å². The molecule has 8 heteroatoms. The summed E-state index contributed by atoms with van der Waals surface area (Å²) in [6, 6.07) is 1.77. The maximum atomic E-state index is 11.8. The summed E-state index contributed by atoms with van der Waals surface area (Å²) in [5.74, 6) is 1.17. The topological polar surface area (TPSA) is 75.2 Å². The molecule has 1 aromatic heterocycles. The molecule has 20 heavy (non-hydrogen) atoms. The zero-order chi connectivity index (χ0) is 14.4. The molecule has 0 aromatic carbocycles. The van der Waals surface area contributed by atoms with E-state index in [0.29, 0.717) is 18.2 Å². The number of aromatic nitrogens is 2. The number of hydrogen-bond acceptors (Lipinski definition) is 5. The summed E-state index contributed by atoms with van der Waals surface area (Å²) in [6.45, 7) is 1.51. The Hall–Kier alpha value is -0.920. The highest BCUT2D eigenvalue weighted by atomic mass is 35.5. The molecule has 1 aliphatic heterocycles. The fraction of sp³-hybridized carbons (Fsp3) is 0.667. The van der Waals surface area contributed by atoms with Crippen LogP contribution in [0.5, 0.6) is 0 Å². The van der Waals surface area contributed by atoms with Crippen molar-refractivity contribution in [3.05, 3.63) is 18.5 Å². The van der Waals surface area contributed by atoms with Crippen LogP contribution in [0.2, 0.25) is 0 Å². The number of nitrogens with zero attached hydrogens (tertiary/aromatic N) is 3. The summed E-state index contributed by atoms with van der Waals surface area (Å²) < 4.78 is 26.4. The maximum Gasteiger partial charge on any atom is 0.225 e. The summed E-state index contributed by atoms with van der Waals surface area (Å²) in [6.07, 6.45) is 5.43. The predicted molar refractivity (Wildman–Crippen MR) is 79.5 cm³/mol. The molecular formula is C12H19ClN4O2S. The summed E-state index contributed by atoms with van der Waals surface area (Å²) in [5, 5.41) is 0. The van der Waals surface area contributed by atoms with Crippen LogP contribution >= 0.6 is 11.6 Å². The van der Waals surface area contributed by atoms with Gasteiger partial charge >= 0.3 is 0 Å². The summed E-state index contributed by atoms with van der Waals surface area (Å²) >= 11 is 5.52. The Morgan fingerprint density at radius 1 is 1.30 bits per heavy atom. The molecule has 1 fully saturated rings. The molecule has 0 radical (unpaired) electrons. The van der Waals surface area contributed by atoms with Gasteiger partial charge in [0.25, 0.3) is 0 Å². The molecule has 1 saturated heterocycles. The number of anilines is 1. The highest BCUT2D eigenvalue weighted by Gasteiger charge is 2.24. The molecule has 1 N–H and O–H groups in total. The van der Waals surface area contributed by atoms with Crippen molar-refractivity contribution in [2.75, 3.05) is 29.6 Å². The van der Waals surface area contributed by atoms with Crippen molar-refractivity contribution < 1.29 is 8.42 Å². The number of rotatable bonds is 6. The van der Waals surface area contributed by atoms with E-state index in [1.54, 1.807) is 18.5 Å². The fourth-order valence-electron chi connectivity index (χ4n) is 2.21. The Labute approximate surface area is 124 Å². The second-order valence-corrected chi connectivity index (χ2v) is 7.04. The van der Waals surface area contributed by atoms with E-state index in [0.717, 1.165) is 25.9 Å².